The molecule has 0 aliphatic heterocycles. The molecule has 1 rings (SSSR count). The zero-order chi connectivity index (χ0) is 29.3. The van der Waals surface area contributed by atoms with Gasteiger partial charge in [-0.15, -0.1) is 0 Å². The fourth-order valence-electron chi connectivity index (χ4n) is 2.96. The molecule has 0 aliphatic carbocycles. The number of esters is 1. The minimum Gasteiger partial charge on any atom is -0.481 e. The van der Waals surface area contributed by atoms with E-state index in [9.17, 15) is 19.2 Å². The standard InChI is InChI=1S/C16H30O4.C8H6O4.C4H10O2/c1-14(2)10-6-4-3-5-9-13-20-16(19)12-8-7-11-15(17)18;9-7(10)5-2-1-3-6(4-5)8(11)12;1-4(6)2-3-5/h14H,3-13H2,1-2H3,(H,17,18);1-4H,(H,9,10)(H,11,12);4-6H,2-3H2,1H3. The molecule has 0 heterocycles. The fourth-order valence-corrected chi connectivity index (χ4v) is 2.96. The topological polar surface area (TPSA) is 179 Å². The summed E-state index contributed by atoms with van der Waals surface area (Å²) < 4.78 is 5.11. The van der Waals surface area contributed by atoms with Crippen molar-refractivity contribution in [3.05, 3.63) is 35.4 Å². The maximum absolute atomic E-state index is 11.3. The Labute approximate surface area is 225 Å². The first-order valence-corrected chi connectivity index (χ1v) is 13.1. The van der Waals surface area contributed by atoms with E-state index in [-0.39, 0.29) is 36.2 Å². The second-order valence-electron chi connectivity index (χ2n) is 9.32. The molecule has 218 valence electrons. The number of aliphatic hydroxyl groups excluding tert-OH is 2. The molecule has 10 heteroatoms. The number of aliphatic carboxylic acids is 1. The smallest absolute Gasteiger partial charge is 0.335 e. The summed E-state index contributed by atoms with van der Waals surface area (Å²) in [6, 6.07) is 5.20. The van der Waals surface area contributed by atoms with E-state index in [2.05, 4.69) is 13.8 Å². The average molecular weight is 543 g/mol. The number of carbonyl (C=O) groups is 4. The highest BCUT2D eigenvalue weighted by atomic mass is 16.5. The second kappa shape index (κ2) is 24.4. The highest BCUT2D eigenvalue weighted by Gasteiger charge is 2.07. The summed E-state index contributed by atoms with van der Waals surface area (Å²) in [5.74, 6) is -2.47. The molecule has 0 fully saturated rings. The van der Waals surface area contributed by atoms with Crippen LogP contribution in [0.5, 0.6) is 0 Å². The summed E-state index contributed by atoms with van der Waals surface area (Å²) >= 11 is 0. The van der Waals surface area contributed by atoms with Gasteiger partial charge in [-0.1, -0.05) is 52.0 Å². The van der Waals surface area contributed by atoms with Crippen molar-refractivity contribution < 1.29 is 49.4 Å². The van der Waals surface area contributed by atoms with Gasteiger partial charge in [-0.3, -0.25) is 9.59 Å². The van der Waals surface area contributed by atoms with E-state index in [0.717, 1.165) is 24.8 Å². The fraction of sp³-hybridized carbons (Fsp3) is 0.643. The minimum absolute atomic E-state index is 0.0186. The first kappa shape index (κ1) is 37.2. The van der Waals surface area contributed by atoms with E-state index in [0.29, 0.717) is 32.3 Å². The van der Waals surface area contributed by atoms with Crippen molar-refractivity contribution in [1.82, 2.24) is 0 Å². The molecule has 0 aromatic heterocycles. The Bertz CT molecular complexity index is 760. The molecule has 0 amide bonds. The van der Waals surface area contributed by atoms with Gasteiger partial charge in [0.15, 0.2) is 0 Å². The first-order valence-electron chi connectivity index (χ1n) is 13.1. The predicted molar refractivity (Wildman–Crippen MR) is 143 cm³/mol. The number of unbranched alkanes of at least 4 members (excludes halogenated alkanes) is 5. The molecule has 1 aromatic rings. The molecule has 1 unspecified atom stereocenters. The van der Waals surface area contributed by atoms with Gasteiger partial charge < -0.3 is 30.3 Å². The Hall–Kier alpha value is -2.98. The molecule has 1 aromatic carbocycles. The van der Waals surface area contributed by atoms with E-state index in [1.54, 1.807) is 6.92 Å². The van der Waals surface area contributed by atoms with Crippen LogP contribution in [0, 0.1) is 5.92 Å². The van der Waals surface area contributed by atoms with Crippen molar-refractivity contribution in [3.8, 4) is 0 Å². The van der Waals surface area contributed by atoms with Crippen LogP contribution in [0.3, 0.4) is 0 Å². The molecule has 0 bridgehead atoms. The number of carboxylic acid groups (broad SMARTS) is 3. The SMILES string of the molecule is CC(C)CCCCCCCOC(=O)CCCCC(=O)O.CC(O)CCO.O=C(O)c1cccc(C(=O)O)c1. The highest BCUT2D eigenvalue weighted by Crippen LogP contribution is 2.11. The Morgan fingerprint density at radius 3 is 1.74 bits per heavy atom. The van der Waals surface area contributed by atoms with Gasteiger partial charge in [0, 0.05) is 19.4 Å². The number of carbonyl (C=O) groups excluding carboxylic acids is 1. The van der Waals surface area contributed by atoms with Crippen LogP contribution < -0.4 is 0 Å². The number of carboxylic acids is 3. The van der Waals surface area contributed by atoms with Gasteiger partial charge in [-0.25, -0.2) is 9.59 Å². The molecule has 10 nitrogen and oxygen atoms in total. The molecule has 0 radical (unpaired) electrons. The van der Waals surface area contributed by atoms with Gasteiger partial charge in [0.1, 0.15) is 0 Å². The number of aliphatic hydroxyl groups is 2. The molecule has 1 atom stereocenters. The molecule has 0 saturated carbocycles. The maximum Gasteiger partial charge on any atom is 0.335 e. The van der Waals surface area contributed by atoms with E-state index < -0.39 is 17.9 Å². The Balaban J connectivity index is 0. The number of benzene rings is 1. The number of ether oxygens (including phenoxy) is 1. The zero-order valence-corrected chi connectivity index (χ0v) is 22.9. The van der Waals surface area contributed by atoms with Crippen LogP contribution in [0.25, 0.3) is 0 Å². The Kier molecular flexibility index (Phi) is 23.8. The summed E-state index contributed by atoms with van der Waals surface area (Å²) in [4.78, 5) is 42.4. The minimum atomic E-state index is -1.13. The van der Waals surface area contributed by atoms with Crippen molar-refractivity contribution in [2.75, 3.05) is 13.2 Å². The van der Waals surface area contributed by atoms with Gasteiger partial charge in [-0.05, 0) is 56.7 Å². The van der Waals surface area contributed by atoms with E-state index in [1.165, 1.54) is 43.9 Å². The van der Waals surface area contributed by atoms with Crippen molar-refractivity contribution in [3.63, 3.8) is 0 Å². The third-order valence-corrected chi connectivity index (χ3v) is 5.11. The second-order valence-corrected chi connectivity index (χ2v) is 9.32. The predicted octanol–water partition coefficient (Wildman–Crippen LogP) is 5.00. The lowest BCUT2D eigenvalue weighted by Crippen LogP contribution is -2.06. The Morgan fingerprint density at radius 2 is 1.29 bits per heavy atom. The molecular formula is C28H46O10. The number of hydrogen-bond donors (Lipinski definition) is 5. The van der Waals surface area contributed by atoms with Crippen molar-refractivity contribution >= 4 is 23.9 Å². The van der Waals surface area contributed by atoms with Crippen LogP contribution in [0.1, 0.15) is 112 Å². The zero-order valence-electron chi connectivity index (χ0n) is 22.9. The van der Waals surface area contributed by atoms with Gasteiger partial charge in [0.2, 0.25) is 0 Å². The Morgan fingerprint density at radius 1 is 0.763 bits per heavy atom. The van der Waals surface area contributed by atoms with Crippen LogP contribution in [-0.2, 0) is 14.3 Å². The summed E-state index contributed by atoms with van der Waals surface area (Å²) in [7, 11) is 0. The number of rotatable bonds is 17. The summed E-state index contributed by atoms with van der Waals surface area (Å²) in [5.41, 5.74) is -0.0372. The van der Waals surface area contributed by atoms with Crippen molar-refractivity contribution in [1.29, 1.82) is 0 Å². The monoisotopic (exact) mass is 542 g/mol. The van der Waals surface area contributed by atoms with Crippen molar-refractivity contribution in [2.45, 2.75) is 97.5 Å². The van der Waals surface area contributed by atoms with Gasteiger partial charge in [0.05, 0.1) is 23.8 Å². The van der Waals surface area contributed by atoms with E-state index in [1.807, 2.05) is 0 Å². The third kappa shape index (κ3) is 26.1. The molecule has 38 heavy (non-hydrogen) atoms. The van der Waals surface area contributed by atoms with Crippen LogP contribution >= 0.6 is 0 Å². The molecule has 0 aliphatic rings. The van der Waals surface area contributed by atoms with Crippen molar-refractivity contribution in [2.24, 2.45) is 5.92 Å². The quantitative estimate of drug-likeness (QED) is 0.133. The largest absolute Gasteiger partial charge is 0.481 e. The molecule has 0 saturated heterocycles. The number of hydrogen-bond acceptors (Lipinski definition) is 7. The van der Waals surface area contributed by atoms with Crippen LogP contribution in [-0.4, -0.2) is 68.7 Å². The van der Waals surface area contributed by atoms with Crippen LogP contribution in [0.2, 0.25) is 0 Å². The summed E-state index contributed by atoms with van der Waals surface area (Å²) in [6.07, 6.45) is 8.85. The summed E-state index contributed by atoms with van der Waals surface area (Å²) in [5, 5.41) is 41.9. The first-order chi connectivity index (χ1) is 17.9. The highest BCUT2D eigenvalue weighted by molar-refractivity contribution is 5.93. The molecule has 0 spiro atoms. The maximum atomic E-state index is 11.3. The molecular weight excluding hydrogens is 496 g/mol. The summed E-state index contributed by atoms with van der Waals surface area (Å²) in [6.45, 7) is 6.72. The number of aromatic carboxylic acids is 2. The lowest BCUT2D eigenvalue weighted by molar-refractivity contribution is -0.144. The van der Waals surface area contributed by atoms with Gasteiger partial charge in [0.25, 0.3) is 0 Å². The third-order valence-electron chi connectivity index (χ3n) is 5.11. The average Bonchev–Trinajstić information content (AvgIpc) is 2.84. The van der Waals surface area contributed by atoms with Gasteiger partial charge in [-0.2, -0.15) is 0 Å². The van der Waals surface area contributed by atoms with E-state index in [4.69, 9.17) is 30.3 Å². The molecule has 5 N–H and O–H groups in total. The van der Waals surface area contributed by atoms with Gasteiger partial charge >= 0.3 is 23.9 Å². The lowest BCUT2D eigenvalue weighted by atomic mass is 10.0. The normalized spacial score (nSPS) is 10.9. The lowest BCUT2D eigenvalue weighted by Gasteiger charge is -2.06. The van der Waals surface area contributed by atoms with E-state index >= 15 is 0 Å². The van der Waals surface area contributed by atoms with Crippen LogP contribution in [0.15, 0.2) is 24.3 Å². The van der Waals surface area contributed by atoms with Crippen LogP contribution in [0.4, 0.5) is 0 Å².